The van der Waals surface area contributed by atoms with E-state index in [9.17, 15) is 5.11 Å². The summed E-state index contributed by atoms with van der Waals surface area (Å²) in [6, 6.07) is 5.82. The van der Waals surface area contributed by atoms with Crippen LogP contribution in [0, 0.1) is 0 Å². The van der Waals surface area contributed by atoms with Gasteiger partial charge in [-0.1, -0.05) is 12.1 Å². The van der Waals surface area contributed by atoms with Gasteiger partial charge >= 0.3 is 0 Å². The minimum atomic E-state index is -0.0614. The Hall–Kier alpha value is -1.26. The van der Waals surface area contributed by atoms with Gasteiger partial charge in [0.2, 0.25) is 0 Å². The summed E-state index contributed by atoms with van der Waals surface area (Å²) in [4.78, 5) is 0. The molecule has 0 saturated heterocycles. The van der Waals surface area contributed by atoms with Crippen LogP contribution in [0.2, 0.25) is 0 Å². The van der Waals surface area contributed by atoms with Crippen LogP contribution in [-0.4, -0.2) is 31.5 Å². The predicted molar refractivity (Wildman–Crippen MR) is 65.4 cm³/mol. The lowest BCUT2D eigenvalue weighted by Gasteiger charge is -2.17. The molecule has 0 heterocycles. The van der Waals surface area contributed by atoms with E-state index < -0.39 is 0 Å². The summed E-state index contributed by atoms with van der Waals surface area (Å²) in [7, 11) is 3.27. The van der Waals surface area contributed by atoms with Crippen molar-refractivity contribution in [1.82, 2.24) is 5.32 Å². The van der Waals surface area contributed by atoms with E-state index in [0.717, 1.165) is 29.9 Å². The van der Waals surface area contributed by atoms with Crippen molar-refractivity contribution < 1.29 is 14.6 Å². The van der Waals surface area contributed by atoms with E-state index in [4.69, 9.17) is 9.47 Å². The summed E-state index contributed by atoms with van der Waals surface area (Å²) >= 11 is 0. The summed E-state index contributed by atoms with van der Waals surface area (Å²) in [6.45, 7) is 0.875. The molecule has 1 fully saturated rings. The van der Waals surface area contributed by atoms with Crippen LogP contribution in [-0.2, 0) is 6.54 Å². The summed E-state index contributed by atoms with van der Waals surface area (Å²) in [5, 5.41) is 12.6. The highest BCUT2D eigenvalue weighted by Gasteiger charge is 2.41. The van der Waals surface area contributed by atoms with Crippen molar-refractivity contribution in [3.05, 3.63) is 23.8 Å². The Morgan fingerprint density at radius 3 is 2.59 bits per heavy atom. The Bertz CT molecular complexity index is 388. The van der Waals surface area contributed by atoms with Crippen molar-refractivity contribution >= 4 is 0 Å². The highest BCUT2D eigenvalue weighted by molar-refractivity contribution is 5.46. The van der Waals surface area contributed by atoms with Gasteiger partial charge in [0.15, 0.2) is 11.5 Å². The first-order valence-corrected chi connectivity index (χ1v) is 5.80. The lowest BCUT2D eigenvalue weighted by Crippen LogP contribution is -2.34. The van der Waals surface area contributed by atoms with Gasteiger partial charge in [-0.05, 0) is 18.9 Å². The first-order valence-electron chi connectivity index (χ1n) is 5.80. The molecule has 1 aliphatic carbocycles. The monoisotopic (exact) mass is 237 g/mol. The fraction of sp³-hybridized carbons (Fsp3) is 0.538. The second-order valence-electron chi connectivity index (χ2n) is 4.44. The second kappa shape index (κ2) is 4.94. The molecule has 0 atom stereocenters. The average molecular weight is 237 g/mol. The summed E-state index contributed by atoms with van der Waals surface area (Å²) in [5.74, 6) is 1.50. The minimum Gasteiger partial charge on any atom is -0.493 e. The van der Waals surface area contributed by atoms with Gasteiger partial charge in [0.1, 0.15) is 0 Å². The molecular weight excluding hydrogens is 218 g/mol. The van der Waals surface area contributed by atoms with Gasteiger partial charge in [0.25, 0.3) is 0 Å². The van der Waals surface area contributed by atoms with E-state index in [1.165, 1.54) is 0 Å². The second-order valence-corrected chi connectivity index (χ2v) is 4.44. The Kier molecular flexibility index (Phi) is 3.54. The van der Waals surface area contributed by atoms with Crippen LogP contribution in [0.3, 0.4) is 0 Å². The first-order chi connectivity index (χ1) is 8.24. The Morgan fingerprint density at radius 2 is 2.06 bits per heavy atom. The SMILES string of the molecule is COc1cccc(CNC2(CO)CC2)c1OC. The number of aliphatic hydroxyl groups is 1. The molecule has 4 heteroatoms. The lowest BCUT2D eigenvalue weighted by atomic mass is 10.1. The molecule has 0 radical (unpaired) electrons. The van der Waals surface area contributed by atoms with Crippen molar-refractivity contribution in [3.8, 4) is 11.5 Å². The van der Waals surface area contributed by atoms with Crippen molar-refractivity contribution in [2.75, 3.05) is 20.8 Å². The number of methoxy groups -OCH3 is 2. The maximum Gasteiger partial charge on any atom is 0.165 e. The van der Waals surface area contributed by atoms with Gasteiger partial charge in [-0.25, -0.2) is 0 Å². The van der Waals surface area contributed by atoms with Crippen molar-refractivity contribution in [1.29, 1.82) is 0 Å². The fourth-order valence-corrected chi connectivity index (χ4v) is 1.92. The van der Waals surface area contributed by atoms with Crippen molar-refractivity contribution in [2.45, 2.75) is 24.9 Å². The van der Waals surface area contributed by atoms with Crippen molar-refractivity contribution in [3.63, 3.8) is 0 Å². The molecule has 0 unspecified atom stereocenters. The van der Waals surface area contributed by atoms with Gasteiger partial charge in [0.05, 0.1) is 20.8 Å². The maximum absolute atomic E-state index is 9.24. The summed E-state index contributed by atoms with van der Waals surface area (Å²) in [6.07, 6.45) is 2.07. The molecule has 1 aromatic carbocycles. The van der Waals surface area contributed by atoms with Crippen LogP contribution in [0.1, 0.15) is 18.4 Å². The van der Waals surface area contributed by atoms with Crippen LogP contribution in [0.25, 0.3) is 0 Å². The number of rotatable bonds is 6. The molecule has 0 aliphatic heterocycles. The number of hydrogen-bond acceptors (Lipinski definition) is 4. The standard InChI is InChI=1S/C13H19NO3/c1-16-11-5-3-4-10(12(11)17-2)8-14-13(9-15)6-7-13/h3-5,14-15H,6-9H2,1-2H3. The molecule has 1 saturated carbocycles. The van der Waals surface area contributed by atoms with Crippen LogP contribution in [0.4, 0.5) is 0 Å². The van der Waals surface area contributed by atoms with Crippen LogP contribution < -0.4 is 14.8 Å². The predicted octanol–water partition coefficient (Wildman–Crippen LogP) is 1.32. The Morgan fingerprint density at radius 1 is 1.29 bits per heavy atom. The van der Waals surface area contributed by atoms with E-state index in [2.05, 4.69) is 5.32 Å². The summed E-state index contributed by atoms with van der Waals surface area (Å²) in [5.41, 5.74) is 0.986. The van der Waals surface area contributed by atoms with Crippen LogP contribution >= 0.6 is 0 Å². The molecule has 0 amide bonds. The molecule has 17 heavy (non-hydrogen) atoms. The fourth-order valence-electron chi connectivity index (χ4n) is 1.92. The molecule has 2 N–H and O–H groups in total. The molecule has 2 rings (SSSR count). The first kappa shape index (κ1) is 12.2. The van der Waals surface area contributed by atoms with Crippen LogP contribution in [0.15, 0.2) is 18.2 Å². The molecule has 1 aliphatic rings. The minimum absolute atomic E-state index is 0.0614. The molecule has 1 aromatic rings. The van der Waals surface area contributed by atoms with E-state index >= 15 is 0 Å². The molecule has 0 bridgehead atoms. The molecule has 0 spiro atoms. The third-order valence-corrected chi connectivity index (χ3v) is 3.29. The number of nitrogens with one attached hydrogen (secondary N) is 1. The number of hydrogen-bond donors (Lipinski definition) is 2. The number of para-hydroxylation sites is 1. The summed E-state index contributed by atoms with van der Waals surface area (Å²) < 4.78 is 10.6. The number of benzene rings is 1. The van der Waals surface area contributed by atoms with Crippen LogP contribution in [0.5, 0.6) is 11.5 Å². The smallest absolute Gasteiger partial charge is 0.165 e. The van der Waals surface area contributed by atoms with E-state index in [1.807, 2.05) is 18.2 Å². The normalized spacial score (nSPS) is 16.6. The molecular formula is C13H19NO3. The molecule has 0 aromatic heterocycles. The van der Waals surface area contributed by atoms with Gasteiger partial charge in [0, 0.05) is 17.6 Å². The highest BCUT2D eigenvalue weighted by atomic mass is 16.5. The zero-order chi connectivity index (χ0) is 12.3. The quantitative estimate of drug-likeness (QED) is 0.783. The van der Waals surface area contributed by atoms with Gasteiger partial charge < -0.3 is 19.9 Å². The maximum atomic E-state index is 9.24. The van der Waals surface area contributed by atoms with Gasteiger partial charge in [-0.3, -0.25) is 0 Å². The lowest BCUT2D eigenvalue weighted by molar-refractivity contribution is 0.229. The number of ether oxygens (including phenoxy) is 2. The zero-order valence-corrected chi connectivity index (χ0v) is 10.3. The van der Waals surface area contributed by atoms with E-state index in [0.29, 0.717) is 6.54 Å². The van der Waals surface area contributed by atoms with Gasteiger partial charge in [-0.15, -0.1) is 0 Å². The third kappa shape index (κ3) is 2.53. The third-order valence-electron chi connectivity index (χ3n) is 3.29. The average Bonchev–Trinajstić information content (AvgIpc) is 3.16. The molecule has 94 valence electrons. The number of aliphatic hydroxyl groups excluding tert-OH is 1. The highest BCUT2D eigenvalue weighted by Crippen LogP contribution is 2.36. The topological polar surface area (TPSA) is 50.7 Å². The van der Waals surface area contributed by atoms with Gasteiger partial charge in [-0.2, -0.15) is 0 Å². The zero-order valence-electron chi connectivity index (χ0n) is 10.3. The van der Waals surface area contributed by atoms with Crippen molar-refractivity contribution in [2.24, 2.45) is 0 Å². The van der Waals surface area contributed by atoms with E-state index in [-0.39, 0.29) is 12.1 Å². The molecule has 4 nitrogen and oxygen atoms in total. The van der Waals surface area contributed by atoms with E-state index in [1.54, 1.807) is 14.2 Å². The Labute approximate surface area is 102 Å². The largest absolute Gasteiger partial charge is 0.493 e. The Balaban J connectivity index is 2.09.